The molecule has 0 spiro atoms. The van der Waals surface area contributed by atoms with E-state index in [4.69, 9.17) is 0 Å². The molecule has 1 saturated heterocycles. The van der Waals surface area contributed by atoms with Crippen molar-refractivity contribution in [3.8, 4) is 0 Å². The summed E-state index contributed by atoms with van der Waals surface area (Å²) in [6.07, 6.45) is 0. The molecular weight excluding hydrogens is 202 g/mol. The van der Waals surface area contributed by atoms with Crippen LogP contribution in [0, 0.1) is 0 Å². The summed E-state index contributed by atoms with van der Waals surface area (Å²) in [6, 6.07) is 0.0392. The van der Waals surface area contributed by atoms with Gasteiger partial charge >= 0.3 is 0 Å². The molecule has 1 fully saturated rings. The van der Waals surface area contributed by atoms with Gasteiger partial charge in [-0.25, -0.2) is 0 Å². The normalized spacial score (nSPS) is 30.9. The minimum Gasteiger partial charge on any atom is -0.314 e. The molecule has 1 rings (SSSR count). The van der Waals surface area contributed by atoms with E-state index in [2.05, 4.69) is 5.32 Å². The van der Waals surface area contributed by atoms with Crippen LogP contribution in [0.15, 0.2) is 0 Å². The first-order chi connectivity index (χ1) is 6.37. The van der Waals surface area contributed by atoms with Crippen molar-refractivity contribution in [1.29, 1.82) is 0 Å². The molecule has 0 saturated carbocycles. The third-order valence-electron chi connectivity index (χ3n) is 2.48. The van der Waals surface area contributed by atoms with E-state index < -0.39 is 10.2 Å². The topological polar surface area (TPSA) is 52.7 Å². The fourth-order valence-corrected chi connectivity index (χ4v) is 3.19. The molecule has 1 heterocycles. The number of piperazine rings is 1. The van der Waals surface area contributed by atoms with Gasteiger partial charge in [-0.2, -0.15) is 17.0 Å². The van der Waals surface area contributed by atoms with Crippen LogP contribution in [0.5, 0.6) is 0 Å². The van der Waals surface area contributed by atoms with Gasteiger partial charge < -0.3 is 5.32 Å². The molecule has 1 N–H and O–H groups in total. The van der Waals surface area contributed by atoms with Crippen molar-refractivity contribution in [2.24, 2.45) is 0 Å². The second-order valence-electron chi connectivity index (χ2n) is 3.98. The average molecular weight is 221 g/mol. The molecule has 0 aliphatic carbocycles. The van der Waals surface area contributed by atoms with Crippen LogP contribution in [0.3, 0.4) is 0 Å². The molecule has 0 aromatic rings. The Hall–Kier alpha value is -0.170. The fourth-order valence-electron chi connectivity index (χ4n) is 1.76. The standard InChI is InChI=1S/C8H19N3O2S/c1-7-5-9-6-8(2)11(7)14(12,13)10(3)4/h7-9H,5-6H2,1-4H3. The van der Waals surface area contributed by atoms with E-state index >= 15 is 0 Å². The zero-order valence-corrected chi connectivity index (χ0v) is 10.0. The predicted octanol–water partition coefficient (Wildman–Crippen LogP) is -0.525. The molecule has 0 amide bonds. The van der Waals surface area contributed by atoms with Crippen molar-refractivity contribution in [2.75, 3.05) is 27.2 Å². The lowest BCUT2D eigenvalue weighted by Crippen LogP contribution is -2.59. The van der Waals surface area contributed by atoms with Gasteiger partial charge in [-0.05, 0) is 13.8 Å². The number of nitrogens with one attached hydrogen (secondary N) is 1. The molecular formula is C8H19N3O2S. The van der Waals surface area contributed by atoms with Crippen LogP contribution in [0.25, 0.3) is 0 Å². The van der Waals surface area contributed by atoms with Gasteiger partial charge in [-0.3, -0.25) is 0 Å². The van der Waals surface area contributed by atoms with E-state index in [-0.39, 0.29) is 12.1 Å². The van der Waals surface area contributed by atoms with Crippen LogP contribution in [0.2, 0.25) is 0 Å². The van der Waals surface area contributed by atoms with Crippen LogP contribution in [0.1, 0.15) is 13.8 Å². The maximum Gasteiger partial charge on any atom is 0.282 e. The Balaban J connectivity index is 2.93. The Morgan fingerprint density at radius 3 is 2.00 bits per heavy atom. The number of hydrogen-bond donors (Lipinski definition) is 1. The van der Waals surface area contributed by atoms with Crippen LogP contribution >= 0.6 is 0 Å². The summed E-state index contributed by atoms with van der Waals surface area (Å²) in [5, 5.41) is 3.20. The van der Waals surface area contributed by atoms with Crippen molar-refractivity contribution in [3.63, 3.8) is 0 Å². The fraction of sp³-hybridized carbons (Fsp3) is 1.00. The Kier molecular flexibility index (Phi) is 3.52. The van der Waals surface area contributed by atoms with E-state index in [0.29, 0.717) is 0 Å². The van der Waals surface area contributed by atoms with Gasteiger partial charge in [0, 0.05) is 39.3 Å². The van der Waals surface area contributed by atoms with Gasteiger partial charge in [0.15, 0.2) is 0 Å². The lowest BCUT2D eigenvalue weighted by Gasteiger charge is -2.39. The maximum atomic E-state index is 11.9. The highest BCUT2D eigenvalue weighted by molar-refractivity contribution is 7.86. The van der Waals surface area contributed by atoms with Gasteiger partial charge in [0.2, 0.25) is 0 Å². The third-order valence-corrected chi connectivity index (χ3v) is 4.65. The maximum absolute atomic E-state index is 11.9. The molecule has 0 aromatic carbocycles. The highest BCUT2D eigenvalue weighted by Crippen LogP contribution is 2.16. The van der Waals surface area contributed by atoms with Crippen molar-refractivity contribution >= 4 is 10.2 Å². The average Bonchev–Trinajstić information content (AvgIpc) is 2.02. The van der Waals surface area contributed by atoms with Crippen molar-refractivity contribution in [1.82, 2.24) is 13.9 Å². The Bertz CT molecular complexity index is 279. The minimum absolute atomic E-state index is 0.0196. The smallest absolute Gasteiger partial charge is 0.282 e. The van der Waals surface area contributed by atoms with Crippen molar-refractivity contribution in [3.05, 3.63) is 0 Å². The van der Waals surface area contributed by atoms with Crippen LogP contribution < -0.4 is 5.32 Å². The highest BCUT2D eigenvalue weighted by atomic mass is 32.2. The molecule has 6 heteroatoms. The van der Waals surface area contributed by atoms with Gasteiger partial charge in [0.25, 0.3) is 10.2 Å². The molecule has 2 atom stereocenters. The lowest BCUT2D eigenvalue weighted by atomic mass is 10.2. The summed E-state index contributed by atoms with van der Waals surface area (Å²) < 4.78 is 26.7. The molecule has 5 nitrogen and oxygen atoms in total. The van der Waals surface area contributed by atoms with Gasteiger partial charge in [0.1, 0.15) is 0 Å². The van der Waals surface area contributed by atoms with E-state index in [9.17, 15) is 8.42 Å². The Morgan fingerprint density at radius 1 is 1.21 bits per heavy atom. The second kappa shape index (κ2) is 4.14. The molecule has 1 aliphatic rings. The zero-order valence-electron chi connectivity index (χ0n) is 9.19. The lowest BCUT2D eigenvalue weighted by molar-refractivity contribution is 0.209. The van der Waals surface area contributed by atoms with Crippen LogP contribution in [-0.4, -0.2) is 56.3 Å². The number of hydrogen-bond acceptors (Lipinski definition) is 3. The zero-order chi connectivity index (χ0) is 10.9. The first-order valence-electron chi connectivity index (χ1n) is 4.79. The van der Waals surface area contributed by atoms with Crippen molar-refractivity contribution < 1.29 is 8.42 Å². The van der Waals surface area contributed by atoms with Gasteiger partial charge in [-0.15, -0.1) is 0 Å². The summed E-state index contributed by atoms with van der Waals surface area (Å²) in [5.74, 6) is 0. The van der Waals surface area contributed by atoms with Crippen LogP contribution in [0.4, 0.5) is 0 Å². The van der Waals surface area contributed by atoms with Gasteiger partial charge in [0.05, 0.1) is 0 Å². The summed E-state index contributed by atoms with van der Waals surface area (Å²) >= 11 is 0. The Labute approximate surface area is 86.3 Å². The first kappa shape index (κ1) is 11.9. The second-order valence-corrected chi connectivity index (χ2v) is 6.02. The highest BCUT2D eigenvalue weighted by Gasteiger charge is 2.35. The molecule has 14 heavy (non-hydrogen) atoms. The summed E-state index contributed by atoms with van der Waals surface area (Å²) in [6.45, 7) is 5.28. The van der Waals surface area contributed by atoms with Gasteiger partial charge in [-0.1, -0.05) is 0 Å². The first-order valence-corrected chi connectivity index (χ1v) is 6.18. The van der Waals surface area contributed by atoms with E-state index in [1.54, 1.807) is 18.4 Å². The summed E-state index contributed by atoms with van der Waals surface area (Å²) in [4.78, 5) is 0. The largest absolute Gasteiger partial charge is 0.314 e. The SMILES string of the molecule is CC1CNCC(C)N1S(=O)(=O)N(C)C. The molecule has 0 bridgehead atoms. The van der Waals surface area contributed by atoms with E-state index in [0.717, 1.165) is 13.1 Å². The predicted molar refractivity (Wildman–Crippen MR) is 56.2 cm³/mol. The molecule has 84 valence electrons. The molecule has 0 radical (unpaired) electrons. The minimum atomic E-state index is -3.27. The van der Waals surface area contributed by atoms with E-state index in [1.165, 1.54) is 4.31 Å². The van der Waals surface area contributed by atoms with Crippen LogP contribution in [-0.2, 0) is 10.2 Å². The quantitative estimate of drug-likeness (QED) is 0.682. The molecule has 1 aliphatic heterocycles. The van der Waals surface area contributed by atoms with Crippen molar-refractivity contribution in [2.45, 2.75) is 25.9 Å². The molecule has 2 unspecified atom stereocenters. The molecule has 0 aromatic heterocycles. The third kappa shape index (κ3) is 2.08. The summed E-state index contributed by atoms with van der Waals surface area (Å²) in [5.41, 5.74) is 0. The van der Waals surface area contributed by atoms with E-state index in [1.807, 2.05) is 13.8 Å². The summed E-state index contributed by atoms with van der Waals surface area (Å²) in [7, 11) is -0.139. The monoisotopic (exact) mass is 221 g/mol. The Morgan fingerprint density at radius 2 is 1.64 bits per heavy atom. The number of nitrogens with zero attached hydrogens (tertiary/aromatic N) is 2. The number of rotatable bonds is 2.